The van der Waals surface area contributed by atoms with E-state index in [0.717, 1.165) is 20.7 Å². The molecule has 0 radical (unpaired) electrons. The monoisotopic (exact) mass is 366 g/mol. The van der Waals surface area contributed by atoms with Crippen molar-refractivity contribution < 1.29 is 0 Å². The molecule has 1 unspecified atom stereocenters. The third-order valence-corrected chi connectivity index (χ3v) is 4.84. The van der Waals surface area contributed by atoms with E-state index in [-0.39, 0.29) is 6.54 Å². The molecule has 4 heterocycles. The minimum atomic E-state index is -0.460. The fourth-order valence-corrected chi connectivity index (χ4v) is 3.49. The van der Waals surface area contributed by atoms with Gasteiger partial charge in [-0.05, 0) is 6.07 Å². The average molecular weight is 366 g/mol. The van der Waals surface area contributed by atoms with Crippen molar-refractivity contribution in [3.8, 4) is 6.07 Å². The third-order valence-electron chi connectivity index (χ3n) is 3.77. The summed E-state index contributed by atoms with van der Waals surface area (Å²) in [7, 11) is 0. The first-order valence-corrected chi connectivity index (χ1v) is 8.53. The van der Waals surface area contributed by atoms with Gasteiger partial charge in [-0.3, -0.25) is 20.1 Å². The number of thiophene rings is 1. The summed E-state index contributed by atoms with van der Waals surface area (Å²) in [6, 6.07) is 4.09. The minimum absolute atomic E-state index is 0.183. The quantitative estimate of drug-likeness (QED) is 0.447. The molecule has 4 N–H and O–H groups in total. The molecule has 11 heteroatoms. The van der Waals surface area contributed by atoms with Crippen LogP contribution < -0.4 is 11.2 Å². The summed E-state index contributed by atoms with van der Waals surface area (Å²) in [5.41, 5.74) is 2.44. The first kappa shape index (κ1) is 16.1. The Morgan fingerprint density at radius 3 is 3.19 bits per heavy atom. The summed E-state index contributed by atoms with van der Waals surface area (Å²) in [6.45, 7) is 0.777. The Bertz CT molecular complexity index is 1030. The first-order chi connectivity index (χ1) is 12.8. The Morgan fingerprint density at radius 2 is 2.38 bits per heavy atom. The fourth-order valence-electron chi connectivity index (χ4n) is 2.56. The Balaban J connectivity index is 1.52. The van der Waals surface area contributed by atoms with E-state index in [2.05, 4.69) is 35.7 Å². The van der Waals surface area contributed by atoms with Crippen molar-refractivity contribution in [2.45, 2.75) is 19.3 Å². The number of nitriles is 1. The van der Waals surface area contributed by atoms with E-state index in [1.807, 2.05) is 12.1 Å². The summed E-state index contributed by atoms with van der Waals surface area (Å²) in [5, 5.41) is 26.8. The zero-order valence-electron chi connectivity index (χ0n) is 13.5. The van der Waals surface area contributed by atoms with Crippen molar-refractivity contribution in [1.82, 2.24) is 25.3 Å². The number of nitrogens with two attached hydrogens (primary N) is 1. The Labute approximate surface area is 151 Å². The molecule has 0 fully saturated rings. The van der Waals surface area contributed by atoms with Gasteiger partial charge in [-0.15, -0.1) is 11.3 Å². The second-order valence-corrected chi connectivity index (χ2v) is 6.66. The van der Waals surface area contributed by atoms with E-state index in [1.165, 1.54) is 0 Å². The van der Waals surface area contributed by atoms with Gasteiger partial charge in [-0.2, -0.15) is 20.6 Å². The van der Waals surface area contributed by atoms with E-state index < -0.39 is 6.17 Å². The Kier molecular flexibility index (Phi) is 4.26. The van der Waals surface area contributed by atoms with Gasteiger partial charge >= 0.3 is 0 Å². The lowest BCUT2D eigenvalue weighted by atomic mass is 10.2. The molecule has 1 aliphatic heterocycles. The maximum Gasteiger partial charge on any atom is 0.187 e. The van der Waals surface area contributed by atoms with E-state index in [0.29, 0.717) is 18.1 Å². The van der Waals surface area contributed by atoms with E-state index >= 15 is 0 Å². The second-order valence-electron chi connectivity index (χ2n) is 5.49. The predicted octanol–water partition coefficient (Wildman–Crippen LogP) is 0.606. The highest BCUT2D eigenvalue weighted by atomic mass is 32.1. The first-order valence-electron chi connectivity index (χ1n) is 7.71. The number of aromatic amines is 1. The van der Waals surface area contributed by atoms with Gasteiger partial charge in [-0.25, -0.2) is 4.99 Å². The second kappa shape index (κ2) is 6.87. The topological polar surface area (TPSA) is 145 Å². The minimum Gasteiger partial charge on any atom is -0.321 e. The zero-order valence-corrected chi connectivity index (χ0v) is 14.3. The number of nitrogens with one attached hydrogen (secondary N) is 2. The van der Waals surface area contributed by atoms with Crippen molar-refractivity contribution in [3.05, 3.63) is 35.1 Å². The van der Waals surface area contributed by atoms with Gasteiger partial charge in [0.15, 0.2) is 12.0 Å². The average Bonchev–Trinajstić information content (AvgIpc) is 3.36. The molecular weight excluding hydrogens is 352 g/mol. The predicted molar refractivity (Wildman–Crippen MR) is 99.1 cm³/mol. The molecule has 3 aromatic rings. The molecule has 1 aliphatic rings. The lowest BCUT2D eigenvalue weighted by Crippen LogP contribution is -2.38. The molecule has 26 heavy (non-hydrogen) atoms. The van der Waals surface area contributed by atoms with Crippen LogP contribution in [0.4, 0.5) is 0 Å². The molecule has 0 spiro atoms. The number of amidine groups is 1. The molecule has 4 rings (SSSR count). The van der Waals surface area contributed by atoms with Crippen LogP contribution in [0.1, 0.15) is 10.4 Å². The maximum atomic E-state index is 8.75. The molecule has 0 saturated heterocycles. The maximum absolute atomic E-state index is 8.75. The van der Waals surface area contributed by atoms with Gasteiger partial charge < -0.3 is 5.84 Å². The van der Waals surface area contributed by atoms with Gasteiger partial charge in [0.2, 0.25) is 0 Å². The van der Waals surface area contributed by atoms with Crippen LogP contribution in [0.15, 0.2) is 39.7 Å². The van der Waals surface area contributed by atoms with Crippen LogP contribution in [0, 0.1) is 11.3 Å². The number of hydrogen-bond acceptors (Lipinski definition) is 8. The fraction of sp³-hybridized carbons (Fsp3) is 0.200. The number of rotatable bonds is 5. The molecule has 130 valence electrons. The van der Waals surface area contributed by atoms with Gasteiger partial charge in [0.25, 0.3) is 0 Å². The number of aromatic nitrogens is 4. The highest BCUT2D eigenvalue weighted by Gasteiger charge is 2.20. The summed E-state index contributed by atoms with van der Waals surface area (Å²) < 4.78 is 2.65. The molecule has 0 saturated carbocycles. The molecule has 0 aromatic carbocycles. The molecule has 3 aromatic heterocycles. The van der Waals surface area contributed by atoms with Crippen LogP contribution >= 0.6 is 11.3 Å². The zero-order chi connectivity index (χ0) is 17.9. The summed E-state index contributed by atoms with van der Waals surface area (Å²) in [6.07, 6.45) is 6.34. The SMILES string of the molecule is N#CCn1cc(C2=NC(NCc3cc4[nH]ncc4s3)C(=NN)N=C2)cn1. The Morgan fingerprint density at radius 1 is 1.46 bits per heavy atom. The highest BCUT2D eigenvalue weighted by Crippen LogP contribution is 2.23. The largest absolute Gasteiger partial charge is 0.321 e. The molecule has 1 atom stereocenters. The normalized spacial score (nSPS) is 18.3. The highest BCUT2D eigenvalue weighted by molar-refractivity contribution is 7.19. The number of fused-ring (bicyclic) bond motifs is 1. The van der Waals surface area contributed by atoms with E-state index in [4.69, 9.17) is 11.1 Å². The van der Waals surface area contributed by atoms with Crippen LogP contribution in [0.25, 0.3) is 10.2 Å². The van der Waals surface area contributed by atoms with Crippen molar-refractivity contribution in [3.63, 3.8) is 0 Å². The van der Waals surface area contributed by atoms with Crippen molar-refractivity contribution in [2.75, 3.05) is 0 Å². The standard InChI is InChI=1S/C15H14N10S/c16-1-2-25-8-9(4-21-25)12-6-19-15(23-17)14(22-12)18-5-10-3-11-13(26-10)7-20-24-11/h3-4,6-8,14,18H,2,5,17H2,(H,20,24). The Hall–Kier alpha value is -3.36. The number of hydrazone groups is 1. The van der Waals surface area contributed by atoms with E-state index in [9.17, 15) is 0 Å². The molecule has 0 aliphatic carbocycles. The number of hydrogen-bond donors (Lipinski definition) is 3. The third kappa shape index (κ3) is 3.10. The van der Waals surface area contributed by atoms with Gasteiger partial charge in [0, 0.05) is 23.2 Å². The van der Waals surface area contributed by atoms with Crippen molar-refractivity contribution in [2.24, 2.45) is 20.9 Å². The van der Waals surface area contributed by atoms with Crippen LogP contribution in [-0.4, -0.2) is 43.9 Å². The van der Waals surface area contributed by atoms with Gasteiger partial charge in [0.1, 0.15) is 6.54 Å². The van der Waals surface area contributed by atoms with Crippen LogP contribution in [-0.2, 0) is 13.1 Å². The van der Waals surface area contributed by atoms with Crippen molar-refractivity contribution >= 4 is 39.3 Å². The number of H-pyrrole nitrogens is 1. The summed E-state index contributed by atoms with van der Waals surface area (Å²) in [4.78, 5) is 10.0. The molecule has 10 nitrogen and oxygen atoms in total. The van der Waals surface area contributed by atoms with Crippen LogP contribution in [0.2, 0.25) is 0 Å². The summed E-state index contributed by atoms with van der Waals surface area (Å²) >= 11 is 1.65. The lowest BCUT2D eigenvalue weighted by Gasteiger charge is -2.17. The van der Waals surface area contributed by atoms with Crippen LogP contribution in [0.5, 0.6) is 0 Å². The van der Waals surface area contributed by atoms with Gasteiger partial charge in [-0.1, -0.05) is 0 Å². The summed E-state index contributed by atoms with van der Waals surface area (Å²) in [5.74, 6) is 5.84. The molecule has 0 bridgehead atoms. The number of nitrogens with zero attached hydrogens (tertiary/aromatic N) is 7. The lowest BCUT2D eigenvalue weighted by molar-refractivity contribution is 0.639. The van der Waals surface area contributed by atoms with E-state index in [1.54, 1.807) is 40.8 Å². The molecule has 0 amide bonds. The van der Waals surface area contributed by atoms with Gasteiger partial charge in [0.05, 0.1) is 40.6 Å². The molecular formula is C15H14N10S. The number of aliphatic imine (C=N–C) groups is 2. The smallest absolute Gasteiger partial charge is 0.187 e. The van der Waals surface area contributed by atoms with Crippen LogP contribution in [0.3, 0.4) is 0 Å². The van der Waals surface area contributed by atoms with Crippen molar-refractivity contribution in [1.29, 1.82) is 5.26 Å².